The normalized spacial score (nSPS) is 38.7. The Balaban J connectivity index is 1.45. The van der Waals surface area contributed by atoms with Crippen molar-refractivity contribution in [1.82, 2.24) is 9.80 Å². The largest absolute Gasteiger partial charge is 0.390 e. The first kappa shape index (κ1) is 16.7. The molecule has 3 aliphatic rings. The third-order valence-electron chi connectivity index (χ3n) is 6.53. The van der Waals surface area contributed by atoms with Gasteiger partial charge in [-0.2, -0.15) is 0 Å². The van der Waals surface area contributed by atoms with Crippen molar-refractivity contribution in [3.05, 3.63) is 0 Å². The molecule has 0 radical (unpaired) electrons. The van der Waals surface area contributed by atoms with E-state index in [0.29, 0.717) is 11.5 Å². The zero-order valence-electron chi connectivity index (χ0n) is 14.9. The van der Waals surface area contributed by atoms with E-state index in [4.69, 9.17) is 0 Å². The van der Waals surface area contributed by atoms with E-state index in [9.17, 15) is 5.11 Å². The molecule has 3 heteroatoms. The fourth-order valence-electron chi connectivity index (χ4n) is 5.00. The summed E-state index contributed by atoms with van der Waals surface area (Å²) in [7, 11) is 0. The smallest absolute Gasteiger partial charge is 0.0834 e. The van der Waals surface area contributed by atoms with Crippen molar-refractivity contribution in [3.8, 4) is 0 Å². The second-order valence-electron chi connectivity index (χ2n) is 9.18. The molecule has 1 N–H and O–H groups in total. The van der Waals surface area contributed by atoms with Crippen molar-refractivity contribution in [2.75, 3.05) is 32.7 Å². The zero-order chi connectivity index (χ0) is 15.7. The van der Waals surface area contributed by atoms with Crippen LogP contribution in [0.5, 0.6) is 0 Å². The van der Waals surface area contributed by atoms with Gasteiger partial charge < -0.3 is 5.11 Å². The molecule has 3 fully saturated rings. The van der Waals surface area contributed by atoms with Crippen LogP contribution in [0.1, 0.15) is 59.3 Å². The highest BCUT2D eigenvalue weighted by molar-refractivity contribution is 4.93. The summed E-state index contributed by atoms with van der Waals surface area (Å²) in [6, 6.07) is 0.411. The Morgan fingerprint density at radius 3 is 2.18 bits per heavy atom. The Morgan fingerprint density at radius 2 is 1.59 bits per heavy atom. The number of β-amino-alcohol motifs (C(OH)–C–C–N with tert-alkyl or cyclic N) is 1. The molecule has 0 aromatic carbocycles. The lowest BCUT2D eigenvalue weighted by Gasteiger charge is -2.38. The fourth-order valence-corrected chi connectivity index (χ4v) is 5.00. The third-order valence-corrected chi connectivity index (χ3v) is 6.53. The van der Waals surface area contributed by atoms with E-state index in [1.807, 2.05) is 0 Å². The van der Waals surface area contributed by atoms with E-state index < -0.39 is 0 Å². The first-order chi connectivity index (χ1) is 10.4. The SMILES string of the molecule is CC(C)(C)C1CCC(CN2C[C@@H](O)[C@@H](N3CCCC3)C2)CC1. The van der Waals surface area contributed by atoms with E-state index >= 15 is 0 Å². The van der Waals surface area contributed by atoms with Crippen LogP contribution in [0.25, 0.3) is 0 Å². The summed E-state index contributed by atoms with van der Waals surface area (Å²) in [6.07, 6.45) is 8.11. The Kier molecular flexibility index (Phi) is 5.16. The van der Waals surface area contributed by atoms with Crippen LogP contribution in [0, 0.1) is 17.3 Å². The van der Waals surface area contributed by atoms with Gasteiger partial charge in [-0.05, 0) is 68.9 Å². The summed E-state index contributed by atoms with van der Waals surface area (Å²) in [4.78, 5) is 5.08. The van der Waals surface area contributed by atoms with Gasteiger partial charge in [-0.15, -0.1) is 0 Å². The molecule has 128 valence electrons. The van der Waals surface area contributed by atoms with Crippen molar-refractivity contribution < 1.29 is 5.11 Å². The second kappa shape index (κ2) is 6.78. The quantitative estimate of drug-likeness (QED) is 0.868. The van der Waals surface area contributed by atoms with Crippen LogP contribution in [-0.2, 0) is 0 Å². The maximum Gasteiger partial charge on any atom is 0.0834 e. The van der Waals surface area contributed by atoms with Crippen LogP contribution in [0.4, 0.5) is 0 Å². The van der Waals surface area contributed by atoms with Crippen LogP contribution in [0.3, 0.4) is 0 Å². The number of hydrogen-bond acceptors (Lipinski definition) is 3. The minimum atomic E-state index is -0.121. The molecule has 2 atom stereocenters. The van der Waals surface area contributed by atoms with Gasteiger partial charge >= 0.3 is 0 Å². The monoisotopic (exact) mass is 308 g/mol. The van der Waals surface area contributed by atoms with Gasteiger partial charge in [0.2, 0.25) is 0 Å². The van der Waals surface area contributed by atoms with Crippen LogP contribution in [0.15, 0.2) is 0 Å². The van der Waals surface area contributed by atoms with Gasteiger partial charge in [-0.1, -0.05) is 20.8 Å². The van der Waals surface area contributed by atoms with E-state index in [-0.39, 0.29) is 6.10 Å². The summed E-state index contributed by atoms with van der Waals surface area (Å²) in [5, 5.41) is 10.4. The van der Waals surface area contributed by atoms with Crippen LogP contribution >= 0.6 is 0 Å². The minimum absolute atomic E-state index is 0.121. The summed E-state index contributed by atoms with van der Waals surface area (Å²) in [6.45, 7) is 12.8. The molecule has 2 aliphatic heterocycles. The Bertz CT molecular complexity index is 351. The number of rotatable bonds is 3. The molecule has 1 aliphatic carbocycles. The number of nitrogens with zero attached hydrogens (tertiary/aromatic N) is 2. The zero-order valence-corrected chi connectivity index (χ0v) is 14.9. The van der Waals surface area contributed by atoms with Crippen LogP contribution in [0.2, 0.25) is 0 Å². The molecular weight excluding hydrogens is 272 g/mol. The van der Waals surface area contributed by atoms with Crippen molar-refractivity contribution in [2.24, 2.45) is 17.3 Å². The first-order valence-corrected chi connectivity index (χ1v) is 9.58. The molecule has 0 amide bonds. The average molecular weight is 309 g/mol. The van der Waals surface area contributed by atoms with E-state index in [0.717, 1.165) is 24.9 Å². The standard InChI is InChI=1S/C19H36N2O/c1-19(2,3)16-8-6-15(7-9-16)12-20-13-17(18(22)14-20)21-10-4-5-11-21/h15-18,22H,4-14H2,1-3H3/t15?,16?,17-,18+/m0/s1. The first-order valence-electron chi connectivity index (χ1n) is 9.58. The number of likely N-dealkylation sites (tertiary alicyclic amines) is 2. The fraction of sp³-hybridized carbons (Fsp3) is 1.00. The predicted molar refractivity (Wildman–Crippen MR) is 91.9 cm³/mol. The van der Waals surface area contributed by atoms with Crippen molar-refractivity contribution in [1.29, 1.82) is 0 Å². The predicted octanol–water partition coefficient (Wildman–Crippen LogP) is 2.98. The van der Waals surface area contributed by atoms with Crippen LogP contribution < -0.4 is 0 Å². The molecule has 0 aromatic rings. The van der Waals surface area contributed by atoms with Crippen molar-refractivity contribution in [3.63, 3.8) is 0 Å². The molecule has 0 bridgehead atoms. The molecule has 0 aromatic heterocycles. The van der Waals surface area contributed by atoms with Crippen LogP contribution in [-0.4, -0.2) is 59.8 Å². The van der Waals surface area contributed by atoms with Crippen molar-refractivity contribution >= 4 is 0 Å². The average Bonchev–Trinajstić information content (AvgIpc) is 3.08. The maximum atomic E-state index is 10.4. The van der Waals surface area contributed by atoms with Gasteiger partial charge in [0, 0.05) is 25.7 Å². The molecule has 2 saturated heterocycles. The molecule has 3 nitrogen and oxygen atoms in total. The van der Waals surface area contributed by atoms with Gasteiger partial charge in [0.25, 0.3) is 0 Å². The summed E-state index contributed by atoms with van der Waals surface area (Å²) in [5.41, 5.74) is 0.482. The lowest BCUT2D eigenvalue weighted by Crippen LogP contribution is -2.41. The molecular formula is C19H36N2O. The second-order valence-corrected chi connectivity index (χ2v) is 9.18. The topological polar surface area (TPSA) is 26.7 Å². The van der Waals surface area contributed by atoms with E-state index in [2.05, 4.69) is 30.6 Å². The lowest BCUT2D eigenvalue weighted by molar-refractivity contribution is 0.0970. The number of aliphatic hydroxyl groups excluding tert-OH is 1. The van der Waals surface area contributed by atoms with Gasteiger partial charge in [-0.25, -0.2) is 0 Å². The van der Waals surface area contributed by atoms with E-state index in [1.165, 1.54) is 58.2 Å². The molecule has 0 unspecified atom stereocenters. The molecule has 0 spiro atoms. The molecule has 22 heavy (non-hydrogen) atoms. The minimum Gasteiger partial charge on any atom is -0.390 e. The van der Waals surface area contributed by atoms with Gasteiger partial charge in [0.15, 0.2) is 0 Å². The van der Waals surface area contributed by atoms with Gasteiger partial charge in [0.1, 0.15) is 0 Å². The van der Waals surface area contributed by atoms with E-state index in [1.54, 1.807) is 0 Å². The number of aliphatic hydroxyl groups is 1. The molecule has 1 saturated carbocycles. The van der Waals surface area contributed by atoms with Crippen molar-refractivity contribution in [2.45, 2.75) is 71.4 Å². The number of hydrogen-bond donors (Lipinski definition) is 1. The highest BCUT2D eigenvalue weighted by atomic mass is 16.3. The van der Waals surface area contributed by atoms with Gasteiger partial charge in [0.05, 0.1) is 6.10 Å². The molecule has 2 heterocycles. The highest BCUT2D eigenvalue weighted by Crippen LogP contribution is 2.40. The van der Waals surface area contributed by atoms with Gasteiger partial charge in [-0.3, -0.25) is 9.80 Å². The Morgan fingerprint density at radius 1 is 0.955 bits per heavy atom. The summed E-state index contributed by atoms with van der Waals surface area (Å²) < 4.78 is 0. The Labute approximate surface area is 137 Å². The maximum absolute atomic E-state index is 10.4. The summed E-state index contributed by atoms with van der Waals surface area (Å²) >= 11 is 0. The Hall–Kier alpha value is -0.120. The summed E-state index contributed by atoms with van der Waals surface area (Å²) in [5.74, 6) is 1.77. The highest BCUT2D eigenvalue weighted by Gasteiger charge is 2.38. The molecule has 3 rings (SSSR count). The lowest BCUT2D eigenvalue weighted by atomic mass is 9.70. The third kappa shape index (κ3) is 3.85.